The predicted octanol–water partition coefficient (Wildman–Crippen LogP) is 3.58. The van der Waals surface area contributed by atoms with Gasteiger partial charge in [0.2, 0.25) is 5.91 Å². The summed E-state index contributed by atoms with van der Waals surface area (Å²) >= 11 is 0. The topological polar surface area (TPSA) is 97.3 Å². The monoisotopic (exact) mass is 475 g/mol. The van der Waals surface area contributed by atoms with Crippen LogP contribution in [0, 0.1) is 17.8 Å². The van der Waals surface area contributed by atoms with Crippen LogP contribution in [-0.2, 0) is 22.0 Å². The number of fused-ring (bicyclic) bond motifs is 2. The number of allylic oxidation sites excluding steroid dienone is 1. The van der Waals surface area contributed by atoms with Crippen molar-refractivity contribution >= 4 is 23.2 Å². The summed E-state index contributed by atoms with van der Waals surface area (Å²) in [5, 5.41) is 13.8. The van der Waals surface area contributed by atoms with E-state index in [4.69, 9.17) is 4.74 Å². The van der Waals surface area contributed by atoms with Crippen molar-refractivity contribution < 1.29 is 14.3 Å². The Morgan fingerprint density at radius 3 is 2.51 bits per heavy atom. The summed E-state index contributed by atoms with van der Waals surface area (Å²) < 4.78 is 7.13. The number of amides is 2. The molecule has 2 aliphatic heterocycles. The molecule has 8 heteroatoms. The molecular weight excluding hydrogens is 442 g/mol. The van der Waals surface area contributed by atoms with Crippen molar-refractivity contribution in [1.82, 2.24) is 15.1 Å². The van der Waals surface area contributed by atoms with Gasteiger partial charge in [0, 0.05) is 48.9 Å². The quantitative estimate of drug-likeness (QED) is 0.569. The summed E-state index contributed by atoms with van der Waals surface area (Å²) in [5.74, 6) is 0.767. The highest BCUT2D eigenvalue weighted by atomic mass is 16.5. The molecule has 0 bridgehead atoms. The average molecular weight is 476 g/mol. The van der Waals surface area contributed by atoms with Crippen molar-refractivity contribution in [3.63, 3.8) is 0 Å². The Balaban J connectivity index is 1.24. The van der Waals surface area contributed by atoms with Gasteiger partial charge in [0.05, 0.1) is 0 Å². The number of ether oxygens (including phenoxy) is 1. The second-order valence-electron chi connectivity index (χ2n) is 10.6. The molecule has 1 saturated heterocycles. The van der Waals surface area contributed by atoms with Gasteiger partial charge in [-0.2, -0.15) is 5.10 Å². The van der Waals surface area contributed by atoms with Gasteiger partial charge in [-0.3, -0.25) is 14.3 Å². The third-order valence-corrected chi connectivity index (χ3v) is 8.35. The van der Waals surface area contributed by atoms with Gasteiger partial charge < -0.3 is 20.7 Å². The van der Waals surface area contributed by atoms with Crippen molar-refractivity contribution in [3.8, 4) is 0 Å². The Labute approximate surface area is 205 Å². The number of aromatic nitrogens is 2. The van der Waals surface area contributed by atoms with Crippen molar-refractivity contribution in [2.24, 2.45) is 24.8 Å². The van der Waals surface area contributed by atoms with E-state index >= 15 is 0 Å². The number of nitrogens with zero attached hydrogens (tertiary/aromatic N) is 2. The molecule has 0 radical (unpaired) electrons. The number of nitrogens with one attached hydrogen (secondary N) is 3. The van der Waals surface area contributed by atoms with Gasteiger partial charge >= 0.3 is 0 Å². The van der Waals surface area contributed by atoms with Crippen molar-refractivity contribution in [1.29, 1.82) is 0 Å². The van der Waals surface area contributed by atoms with Gasteiger partial charge in [0.15, 0.2) is 0 Å². The number of carbonyl (C=O) groups excluding carboxylic acids is 2. The predicted molar refractivity (Wildman–Crippen MR) is 133 cm³/mol. The molecule has 2 amide bonds. The first kappa shape index (κ1) is 22.3. The Kier molecular flexibility index (Phi) is 5.44. The van der Waals surface area contributed by atoms with E-state index in [-0.39, 0.29) is 23.1 Å². The van der Waals surface area contributed by atoms with E-state index in [0.29, 0.717) is 17.5 Å². The number of hydrogen-bond acceptors (Lipinski definition) is 5. The smallest absolute Gasteiger partial charge is 0.270 e. The average Bonchev–Trinajstić information content (AvgIpc) is 3.78. The molecule has 3 heterocycles. The molecule has 1 aromatic heterocycles. The first-order valence-corrected chi connectivity index (χ1v) is 12.7. The molecule has 0 unspecified atom stereocenters. The minimum atomic E-state index is -0.574. The maximum atomic E-state index is 13.7. The van der Waals surface area contributed by atoms with Gasteiger partial charge in [-0.05, 0) is 80.0 Å². The van der Waals surface area contributed by atoms with E-state index in [2.05, 4.69) is 33.7 Å². The number of rotatable bonds is 7. The van der Waals surface area contributed by atoms with E-state index < -0.39 is 6.04 Å². The molecule has 1 aromatic carbocycles. The molecule has 184 valence electrons. The van der Waals surface area contributed by atoms with Crippen LogP contribution >= 0.6 is 0 Å². The van der Waals surface area contributed by atoms with Gasteiger partial charge in [-0.25, -0.2) is 0 Å². The first-order valence-electron chi connectivity index (χ1n) is 12.7. The fourth-order valence-electron chi connectivity index (χ4n) is 6.14. The van der Waals surface area contributed by atoms with Crippen LogP contribution in [0.15, 0.2) is 42.7 Å². The van der Waals surface area contributed by atoms with Gasteiger partial charge in [0.1, 0.15) is 11.7 Å². The van der Waals surface area contributed by atoms with E-state index in [9.17, 15) is 9.59 Å². The number of hydrogen-bond donors (Lipinski definition) is 3. The summed E-state index contributed by atoms with van der Waals surface area (Å²) in [6.45, 7) is 5.74. The molecule has 3 N–H and O–H groups in total. The SMILES string of the molecule is C=C1Nc2cc(NC(=O)[C@@H](NC(=O)c3ccnn3C)C(C3CC3)C3CC3)ccc2C12CCOCC2. The third-order valence-electron chi connectivity index (χ3n) is 8.35. The van der Waals surface area contributed by atoms with Crippen LogP contribution < -0.4 is 16.0 Å². The fraction of sp³-hybridized carbons (Fsp3) is 0.519. The standard InChI is InChI=1S/C27H33N5O3/c1-16-27(10-13-35-14-11-27)20-8-7-19(15-21(20)29-16)30-26(34)24(23(17-3-4-17)18-5-6-18)31-25(33)22-9-12-28-32(22)2/h7-9,12,15,17-18,23-24,29H,1,3-6,10-11,13-14H2,2H3,(H,30,34)(H,31,33)/t24-/m0/s1. The third kappa shape index (κ3) is 4.03. The highest BCUT2D eigenvalue weighted by Gasteiger charge is 2.48. The van der Waals surface area contributed by atoms with Crippen LogP contribution in [0.3, 0.4) is 0 Å². The van der Waals surface area contributed by atoms with Crippen LogP contribution in [0.5, 0.6) is 0 Å². The van der Waals surface area contributed by atoms with E-state index in [1.54, 1.807) is 24.0 Å². The lowest BCUT2D eigenvalue weighted by atomic mass is 9.74. The van der Waals surface area contributed by atoms with E-state index in [1.165, 1.54) is 5.56 Å². The first-order chi connectivity index (χ1) is 17.0. The van der Waals surface area contributed by atoms with Crippen molar-refractivity contribution in [2.75, 3.05) is 23.8 Å². The molecule has 2 saturated carbocycles. The number of benzene rings is 1. The summed E-state index contributed by atoms with van der Waals surface area (Å²) in [5.41, 5.74) is 4.30. The Morgan fingerprint density at radius 1 is 1.17 bits per heavy atom. The Morgan fingerprint density at radius 2 is 1.89 bits per heavy atom. The molecule has 2 aliphatic carbocycles. The number of aryl methyl sites for hydroxylation is 1. The van der Waals surface area contributed by atoms with Crippen molar-refractivity contribution in [2.45, 2.75) is 50.0 Å². The zero-order valence-corrected chi connectivity index (χ0v) is 20.2. The van der Waals surface area contributed by atoms with Crippen molar-refractivity contribution in [3.05, 3.63) is 54.0 Å². The molecule has 3 fully saturated rings. The second-order valence-corrected chi connectivity index (χ2v) is 10.6. The molecule has 8 nitrogen and oxygen atoms in total. The van der Waals surface area contributed by atoms with Crippen LogP contribution in [0.2, 0.25) is 0 Å². The minimum absolute atomic E-state index is 0.0984. The zero-order valence-electron chi connectivity index (χ0n) is 20.2. The van der Waals surface area contributed by atoms with Gasteiger partial charge in [0.25, 0.3) is 5.91 Å². The van der Waals surface area contributed by atoms with Gasteiger partial charge in [-0.15, -0.1) is 0 Å². The maximum Gasteiger partial charge on any atom is 0.270 e. The van der Waals surface area contributed by atoms with Crippen LogP contribution in [0.25, 0.3) is 0 Å². The number of anilines is 2. The lowest BCUT2D eigenvalue weighted by Gasteiger charge is -2.34. The van der Waals surface area contributed by atoms with Crippen LogP contribution in [-0.4, -0.2) is 40.9 Å². The molecule has 2 aromatic rings. The van der Waals surface area contributed by atoms with E-state index in [0.717, 1.165) is 68.8 Å². The summed E-state index contributed by atoms with van der Waals surface area (Å²) in [6.07, 6.45) is 7.92. The summed E-state index contributed by atoms with van der Waals surface area (Å²) in [4.78, 5) is 26.7. The largest absolute Gasteiger partial charge is 0.381 e. The fourth-order valence-corrected chi connectivity index (χ4v) is 6.14. The second kappa shape index (κ2) is 8.52. The van der Waals surface area contributed by atoms with E-state index in [1.807, 2.05) is 12.1 Å². The molecule has 6 rings (SSSR count). The molecule has 1 spiro atoms. The minimum Gasteiger partial charge on any atom is -0.381 e. The lowest BCUT2D eigenvalue weighted by molar-refractivity contribution is -0.119. The van der Waals surface area contributed by atoms with Crippen LogP contribution in [0.1, 0.15) is 54.6 Å². The highest BCUT2D eigenvalue weighted by Crippen LogP contribution is 2.51. The maximum absolute atomic E-state index is 13.7. The normalized spacial score (nSPS) is 21.5. The molecule has 4 aliphatic rings. The number of carbonyl (C=O) groups is 2. The summed E-state index contributed by atoms with van der Waals surface area (Å²) in [6, 6.07) is 7.17. The molecule has 35 heavy (non-hydrogen) atoms. The molecule has 1 atom stereocenters. The zero-order chi connectivity index (χ0) is 24.2. The summed E-state index contributed by atoms with van der Waals surface area (Å²) in [7, 11) is 1.74. The van der Waals surface area contributed by atoms with Crippen LogP contribution in [0.4, 0.5) is 11.4 Å². The van der Waals surface area contributed by atoms with Gasteiger partial charge in [-0.1, -0.05) is 12.6 Å². The Hall–Kier alpha value is -3.13. The Bertz CT molecular complexity index is 1160. The highest BCUT2D eigenvalue weighted by molar-refractivity contribution is 6.01. The molecular formula is C27H33N5O3. The lowest BCUT2D eigenvalue weighted by Crippen LogP contribution is -2.50.